The molecule has 2 aromatic heterocycles. The molecule has 8 nitrogen and oxygen atoms in total. The van der Waals surface area contributed by atoms with Crippen LogP contribution in [-0.2, 0) is 13.6 Å². The predicted octanol–water partition coefficient (Wildman–Crippen LogP) is 1.31. The highest BCUT2D eigenvalue weighted by atomic mass is 35.5. The number of amides is 1. The molecule has 104 valence electrons. The number of hydrogen-bond acceptors (Lipinski definition) is 5. The number of hydrogen-bond donors (Lipinski definition) is 1. The van der Waals surface area contributed by atoms with Gasteiger partial charge in [0.2, 0.25) is 0 Å². The van der Waals surface area contributed by atoms with Crippen LogP contribution in [0.15, 0.2) is 24.5 Å². The van der Waals surface area contributed by atoms with Gasteiger partial charge in [-0.05, 0) is 12.1 Å². The highest BCUT2D eigenvalue weighted by Crippen LogP contribution is 2.20. The summed E-state index contributed by atoms with van der Waals surface area (Å²) in [4.78, 5) is 25.8. The molecule has 0 saturated heterocycles. The second-order valence-corrected chi connectivity index (χ2v) is 4.30. The molecule has 2 aromatic rings. The number of aryl methyl sites for hydroxylation is 1. The van der Waals surface area contributed by atoms with Gasteiger partial charge in [-0.25, -0.2) is 4.98 Å². The Kier molecular flexibility index (Phi) is 3.94. The lowest BCUT2D eigenvalue weighted by Gasteiger charge is -2.06. The summed E-state index contributed by atoms with van der Waals surface area (Å²) in [6.07, 6.45) is 2.55. The summed E-state index contributed by atoms with van der Waals surface area (Å²) in [5.74, 6) is -0.595. The van der Waals surface area contributed by atoms with Crippen molar-refractivity contribution in [3.05, 3.63) is 51.1 Å². The highest BCUT2D eigenvalue weighted by Gasteiger charge is 2.21. The molecule has 0 aliphatic carbocycles. The van der Waals surface area contributed by atoms with Crippen LogP contribution in [0.3, 0.4) is 0 Å². The summed E-state index contributed by atoms with van der Waals surface area (Å²) < 4.78 is 1.59. The van der Waals surface area contributed by atoms with Crippen LogP contribution in [0.5, 0.6) is 0 Å². The van der Waals surface area contributed by atoms with E-state index in [1.54, 1.807) is 24.0 Å². The molecule has 0 spiro atoms. The van der Waals surface area contributed by atoms with Crippen LogP contribution in [0.2, 0.25) is 5.15 Å². The number of nitro groups is 1. The lowest BCUT2D eigenvalue weighted by atomic mass is 10.2. The van der Waals surface area contributed by atoms with Crippen molar-refractivity contribution in [2.45, 2.75) is 6.54 Å². The lowest BCUT2D eigenvalue weighted by molar-refractivity contribution is -0.385. The van der Waals surface area contributed by atoms with Gasteiger partial charge in [0.25, 0.3) is 11.6 Å². The van der Waals surface area contributed by atoms with Crippen molar-refractivity contribution in [3.63, 3.8) is 0 Å². The summed E-state index contributed by atoms with van der Waals surface area (Å²) in [7, 11) is 1.73. The fourth-order valence-corrected chi connectivity index (χ4v) is 1.75. The number of nitrogens with one attached hydrogen (secondary N) is 1. The number of carbonyl (C=O) groups excluding carboxylic acids is 1. The maximum Gasteiger partial charge on any atom is 0.300 e. The van der Waals surface area contributed by atoms with Crippen molar-refractivity contribution in [2.24, 2.45) is 7.05 Å². The predicted molar refractivity (Wildman–Crippen MR) is 70.3 cm³/mol. The maximum absolute atomic E-state index is 12.0. The smallest absolute Gasteiger partial charge is 0.300 e. The van der Waals surface area contributed by atoms with Gasteiger partial charge in [0.05, 0.1) is 17.2 Å². The second kappa shape index (κ2) is 5.66. The summed E-state index contributed by atoms with van der Waals surface area (Å²) in [6.45, 7) is 0.201. The van der Waals surface area contributed by atoms with E-state index in [-0.39, 0.29) is 17.3 Å². The second-order valence-electron chi connectivity index (χ2n) is 3.91. The van der Waals surface area contributed by atoms with Gasteiger partial charge in [-0.2, -0.15) is 5.10 Å². The van der Waals surface area contributed by atoms with Crippen molar-refractivity contribution < 1.29 is 9.72 Å². The summed E-state index contributed by atoms with van der Waals surface area (Å²) >= 11 is 5.66. The minimum Gasteiger partial charge on any atom is -0.346 e. The van der Waals surface area contributed by atoms with Crippen molar-refractivity contribution >= 4 is 23.2 Å². The molecule has 0 atom stereocenters. The van der Waals surface area contributed by atoms with Gasteiger partial charge >= 0.3 is 0 Å². The van der Waals surface area contributed by atoms with E-state index in [0.29, 0.717) is 0 Å². The van der Waals surface area contributed by atoms with Gasteiger partial charge in [-0.3, -0.25) is 19.6 Å². The van der Waals surface area contributed by atoms with Crippen molar-refractivity contribution in [1.29, 1.82) is 0 Å². The van der Waals surface area contributed by atoms with E-state index < -0.39 is 16.5 Å². The van der Waals surface area contributed by atoms with Crippen LogP contribution in [0.4, 0.5) is 5.69 Å². The van der Waals surface area contributed by atoms with Crippen LogP contribution in [-0.4, -0.2) is 25.6 Å². The standard InChI is InChI=1S/C11H10ClN5O3/c1-16-7(2-3-15-16)5-14-11(18)8-4-10(12)13-6-9(8)17(19)20/h2-4,6H,5H2,1H3,(H,14,18). The molecule has 0 radical (unpaired) electrons. The Morgan fingerprint density at radius 3 is 2.95 bits per heavy atom. The van der Waals surface area contributed by atoms with Crippen LogP contribution in [0.25, 0.3) is 0 Å². The SMILES string of the molecule is Cn1nccc1CNC(=O)c1cc(Cl)ncc1[N+](=O)[O-]. The first-order chi connectivity index (χ1) is 9.49. The third-order valence-electron chi connectivity index (χ3n) is 2.64. The molecular formula is C11H10ClN5O3. The molecule has 0 saturated carbocycles. The Morgan fingerprint density at radius 2 is 2.35 bits per heavy atom. The quantitative estimate of drug-likeness (QED) is 0.520. The lowest BCUT2D eigenvalue weighted by Crippen LogP contribution is -2.25. The molecule has 1 amide bonds. The molecule has 0 fully saturated rings. The molecule has 1 N–H and O–H groups in total. The van der Waals surface area contributed by atoms with Crippen molar-refractivity contribution in [2.75, 3.05) is 0 Å². The first-order valence-corrected chi connectivity index (χ1v) is 5.92. The van der Waals surface area contributed by atoms with E-state index in [1.807, 2.05) is 0 Å². The molecule has 9 heteroatoms. The summed E-state index contributed by atoms with van der Waals surface area (Å²) in [5, 5.41) is 17.4. The van der Waals surface area contributed by atoms with E-state index in [4.69, 9.17) is 11.6 Å². The van der Waals surface area contributed by atoms with Gasteiger partial charge in [-0.1, -0.05) is 11.6 Å². The number of nitrogens with zero attached hydrogens (tertiary/aromatic N) is 4. The molecule has 0 unspecified atom stereocenters. The monoisotopic (exact) mass is 295 g/mol. The number of aromatic nitrogens is 3. The van der Waals surface area contributed by atoms with E-state index in [2.05, 4.69) is 15.4 Å². The molecular weight excluding hydrogens is 286 g/mol. The molecule has 0 aromatic carbocycles. The Morgan fingerprint density at radius 1 is 1.60 bits per heavy atom. The van der Waals surface area contributed by atoms with Crippen molar-refractivity contribution in [3.8, 4) is 0 Å². The topological polar surface area (TPSA) is 103 Å². The minimum atomic E-state index is -0.678. The average Bonchev–Trinajstić information content (AvgIpc) is 2.81. The number of rotatable bonds is 4. The van der Waals surface area contributed by atoms with Gasteiger partial charge in [0.1, 0.15) is 16.9 Å². The van der Waals surface area contributed by atoms with E-state index >= 15 is 0 Å². The van der Waals surface area contributed by atoms with E-state index in [9.17, 15) is 14.9 Å². The van der Waals surface area contributed by atoms with E-state index in [1.165, 1.54) is 0 Å². The normalized spacial score (nSPS) is 10.3. The zero-order chi connectivity index (χ0) is 14.7. The molecule has 20 heavy (non-hydrogen) atoms. The molecule has 0 aliphatic heterocycles. The number of pyridine rings is 1. The third kappa shape index (κ3) is 2.91. The molecule has 0 aliphatic rings. The third-order valence-corrected chi connectivity index (χ3v) is 2.85. The average molecular weight is 296 g/mol. The Hall–Kier alpha value is -2.48. The summed E-state index contributed by atoms with van der Waals surface area (Å²) in [5.41, 5.74) is 0.246. The number of carbonyl (C=O) groups is 1. The van der Waals surface area contributed by atoms with Crippen LogP contribution in [0, 0.1) is 10.1 Å². The Bertz CT molecular complexity index is 670. The zero-order valence-electron chi connectivity index (χ0n) is 10.4. The number of halogens is 1. The van der Waals surface area contributed by atoms with Gasteiger partial charge in [-0.15, -0.1) is 0 Å². The summed E-state index contributed by atoms with van der Waals surface area (Å²) in [6, 6.07) is 2.90. The molecule has 2 rings (SSSR count). The first kappa shape index (κ1) is 13.9. The first-order valence-electron chi connectivity index (χ1n) is 5.54. The van der Waals surface area contributed by atoms with E-state index in [0.717, 1.165) is 18.0 Å². The zero-order valence-corrected chi connectivity index (χ0v) is 11.2. The van der Waals surface area contributed by atoms with Gasteiger partial charge in [0, 0.05) is 13.2 Å². The van der Waals surface area contributed by atoms with Gasteiger partial charge < -0.3 is 5.32 Å². The minimum absolute atomic E-state index is 0.0151. The Labute approximate surface area is 118 Å². The fourth-order valence-electron chi connectivity index (χ4n) is 1.59. The van der Waals surface area contributed by atoms with Crippen LogP contribution < -0.4 is 5.32 Å². The fraction of sp³-hybridized carbons (Fsp3) is 0.182. The highest BCUT2D eigenvalue weighted by molar-refractivity contribution is 6.29. The van der Waals surface area contributed by atoms with Crippen molar-refractivity contribution in [1.82, 2.24) is 20.1 Å². The maximum atomic E-state index is 12.0. The molecule has 0 bridgehead atoms. The molecule has 2 heterocycles. The van der Waals surface area contributed by atoms with Crippen LogP contribution in [0.1, 0.15) is 16.1 Å². The largest absolute Gasteiger partial charge is 0.346 e. The van der Waals surface area contributed by atoms with Gasteiger partial charge in [0.15, 0.2) is 0 Å². The van der Waals surface area contributed by atoms with Crippen LogP contribution >= 0.6 is 11.6 Å². The Balaban J connectivity index is 2.19.